The van der Waals surface area contributed by atoms with Gasteiger partial charge in [0.2, 0.25) is 5.91 Å². The summed E-state index contributed by atoms with van der Waals surface area (Å²) >= 11 is 0. The Morgan fingerprint density at radius 2 is 1.87 bits per heavy atom. The largest absolute Gasteiger partial charge is 0.393 e. The van der Waals surface area contributed by atoms with E-state index in [2.05, 4.69) is 0 Å². The van der Waals surface area contributed by atoms with Gasteiger partial charge in [-0.15, -0.1) is 0 Å². The monoisotopic (exact) mass is 215 g/mol. The Morgan fingerprint density at radius 1 is 1.33 bits per heavy atom. The average Bonchev–Trinajstić information content (AvgIpc) is 2.73. The average molecular weight is 215 g/mol. The van der Waals surface area contributed by atoms with Crippen LogP contribution in [0.15, 0.2) is 0 Å². The fourth-order valence-electron chi connectivity index (χ4n) is 1.67. The van der Waals surface area contributed by atoms with E-state index < -0.39 is 0 Å². The fourth-order valence-corrected chi connectivity index (χ4v) is 1.67. The SMILES string of the molecule is CC.CC(O)CCCC(=O)N1CCCC1. The molecule has 0 saturated carbocycles. The van der Waals surface area contributed by atoms with E-state index >= 15 is 0 Å². The molecule has 0 radical (unpaired) electrons. The summed E-state index contributed by atoms with van der Waals surface area (Å²) < 4.78 is 0. The summed E-state index contributed by atoms with van der Waals surface area (Å²) in [7, 11) is 0. The van der Waals surface area contributed by atoms with E-state index in [0.29, 0.717) is 6.42 Å². The van der Waals surface area contributed by atoms with Crippen molar-refractivity contribution in [1.29, 1.82) is 0 Å². The Morgan fingerprint density at radius 3 is 2.33 bits per heavy atom. The number of hydrogen-bond donors (Lipinski definition) is 1. The van der Waals surface area contributed by atoms with Gasteiger partial charge in [-0.05, 0) is 32.6 Å². The number of aliphatic hydroxyl groups excluding tert-OH is 1. The molecule has 1 amide bonds. The molecule has 3 nitrogen and oxygen atoms in total. The van der Waals surface area contributed by atoms with Gasteiger partial charge in [-0.2, -0.15) is 0 Å². The summed E-state index contributed by atoms with van der Waals surface area (Å²) in [5.41, 5.74) is 0. The lowest BCUT2D eigenvalue weighted by Gasteiger charge is -2.14. The van der Waals surface area contributed by atoms with Crippen LogP contribution in [0.4, 0.5) is 0 Å². The van der Waals surface area contributed by atoms with Crippen LogP contribution in [-0.4, -0.2) is 35.1 Å². The maximum atomic E-state index is 11.5. The van der Waals surface area contributed by atoms with E-state index in [1.54, 1.807) is 6.92 Å². The molecule has 1 unspecified atom stereocenters. The summed E-state index contributed by atoms with van der Waals surface area (Å²) in [6, 6.07) is 0. The molecule has 1 aliphatic rings. The zero-order valence-corrected chi connectivity index (χ0v) is 10.3. The molecular formula is C12H25NO2. The number of carbonyl (C=O) groups excluding carboxylic acids is 1. The van der Waals surface area contributed by atoms with Crippen LogP contribution in [0.3, 0.4) is 0 Å². The third-order valence-electron chi connectivity index (χ3n) is 2.47. The predicted octanol–water partition coefficient (Wildman–Crippen LogP) is 2.19. The van der Waals surface area contributed by atoms with Crippen molar-refractivity contribution in [2.24, 2.45) is 0 Å². The van der Waals surface area contributed by atoms with Gasteiger partial charge in [0, 0.05) is 19.5 Å². The number of rotatable bonds is 4. The number of carbonyl (C=O) groups is 1. The molecule has 1 N–H and O–H groups in total. The van der Waals surface area contributed by atoms with Gasteiger partial charge in [-0.25, -0.2) is 0 Å². The quantitative estimate of drug-likeness (QED) is 0.781. The highest BCUT2D eigenvalue weighted by Crippen LogP contribution is 2.11. The summed E-state index contributed by atoms with van der Waals surface area (Å²) in [4.78, 5) is 13.4. The second-order valence-corrected chi connectivity index (χ2v) is 3.83. The lowest BCUT2D eigenvalue weighted by Crippen LogP contribution is -2.27. The number of likely N-dealkylation sites (tertiary alicyclic amines) is 1. The van der Waals surface area contributed by atoms with Crippen molar-refractivity contribution in [3.05, 3.63) is 0 Å². The molecule has 0 spiro atoms. The minimum absolute atomic E-state index is 0.262. The van der Waals surface area contributed by atoms with Gasteiger partial charge >= 0.3 is 0 Å². The van der Waals surface area contributed by atoms with Crippen molar-refractivity contribution in [1.82, 2.24) is 4.90 Å². The van der Waals surface area contributed by atoms with Crippen molar-refractivity contribution in [3.8, 4) is 0 Å². The van der Waals surface area contributed by atoms with Crippen LogP contribution in [0.5, 0.6) is 0 Å². The number of amides is 1. The summed E-state index contributed by atoms with van der Waals surface area (Å²) in [5.74, 6) is 0.262. The number of aliphatic hydroxyl groups is 1. The minimum atomic E-state index is -0.272. The molecule has 0 aromatic rings. The number of hydrogen-bond acceptors (Lipinski definition) is 2. The van der Waals surface area contributed by atoms with Crippen LogP contribution >= 0.6 is 0 Å². The van der Waals surface area contributed by atoms with Crippen LogP contribution in [0.2, 0.25) is 0 Å². The van der Waals surface area contributed by atoms with Crippen LogP contribution in [-0.2, 0) is 4.79 Å². The maximum Gasteiger partial charge on any atom is 0.222 e. The molecule has 1 aliphatic heterocycles. The van der Waals surface area contributed by atoms with E-state index in [1.807, 2.05) is 18.7 Å². The summed E-state index contributed by atoms with van der Waals surface area (Å²) in [6.45, 7) is 7.64. The first-order valence-corrected chi connectivity index (χ1v) is 6.16. The van der Waals surface area contributed by atoms with Crippen molar-refractivity contribution < 1.29 is 9.90 Å². The van der Waals surface area contributed by atoms with Gasteiger partial charge in [-0.1, -0.05) is 13.8 Å². The Hall–Kier alpha value is -0.570. The minimum Gasteiger partial charge on any atom is -0.393 e. The predicted molar refractivity (Wildman–Crippen MR) is 62.7 cm³/mol. The van der Waals surface area contributed by atoms with Gasteiger partial charge in [0.25, 0.3) is 0 Å². The molecule has 90 valence electrons. The molecule has 0 aromatic heterocycles. The summed E-state index contributed by atoms with van der Waals surface area (Å²) in [6.07, 6.45) is 4.19. The maximum absolute atomic E-state index is 11.5. The second-order valence-electron chi connectivity index (χ2n) is 3.83. The molecule has 1 fully saturated rings. The zero-order chi connectivity index (χ0) is 11.7. The third kappa shape index (κ3) is 6.50. The van der Waals surface area contributed by atoms with Crippen molar-refractivity contribution >= 4 is 5.91 Å². The zero-order valence-electron chi connectivity index (χ0n) is 10.3. The molecular weight excluding hydrogens is 190 g/mol. The molecule has 1 rings (SSSR count). The molecule has 0 aliphatic carbocycles. The summed E-state index contributed by atoms with van der Waals surface area (Å²) in [5, 5.41) is 9.01. The van der Waals surface area contributed by atoms with E-state index in [1.165, 1.54) is 0 Å². The topological polar surface area (TPSA) is 40.5 Å². The van der Waals surface area contributed by atoms with Gasteiger partial charge in [0.15, 0.2) is 0 Å². The Bertz CT molecular complexity index is 163. The first-order chi connectivity index (χ1) is 7.20. The van der Waals surface area contributed by atoms with Gasteiger partial charge < -0.3 is 10.0 Å². The Labute approximate surface area is 93.5 Å². The molecule has 1 heterocycles. The number of nitrogens with zero attached hydrogens (tertiary/aromatic N) is 1. The molecule has 0 bridgehead atoms. The highest BCUT2D eigenvalue weighted by molar-refractivity contribution is 5.76. The molecule has 1 atom stereocenters. The first-order valence-electron chi connectivity index (χ1n) is 6.16. The highest BCUT2D eigenvalue weighted by Gasteiger charge is 2.16. The third-order valence-corrected chi connectivity index (χ3v) is 2.47. The van der Waals surface area contributed by atoms with E-state index in [-0.39, 0.29) is 12.0 Å². The standard InChI is InChI=1S/C10H19NO2.C2H6/c1-9(12)5-4-6-10(13)11-7-2-3-8-11;1-2/h9,12H,2-8H2,1H3;1-2H3. The lowest BCUT2D eigenvalue weighted by molar-refractivity contribution is -0.130. The second kappa shape index (κ2) is 8.72. The van der Waals surface area contributed by atoms with Crippen molar-refractivity contribution in [2.45, 2.75) is 59.0 Å². The fraction of sp³-hybridized carbons (Fsp3) is 0.917. The Kier molecular flexibility index (Phi) is 8.38. The van der Waals surface area contributed by atoms with Crippen LogP contribution in [0, 0.1) is 0 Å². The molecule has 0 aromatic carbocycles. The van der Waals surface area contributed by atoms with E-state index in [0.717, 1.165) is 38.8 Å². The lowest BCUT2D eigenvalue weighted by atomic mass is 10.1. The highest BCUT2D eigenvalue weighted by atomic mass is 16.3. The van der Waals surface area contributed by atoms with Crippen molar-refractivity contribution in [3.63, 3.8) is 0 Å². The molecule has 1 saturated heterocycles. The Balaban J connectivity index is 0.000000921. The normalized spacial score (nSPS) is 16.9. The van der Waals surface area contributed by atoms with Gasteiger partial charge in [0.05, 0.1) is 6.10 Å². The van der Waals surface area contributed by atoms with Crippen LogP contribution in [0.25, 0.3) is 0 Å². The molecule has 15 heavy (non-hydrogen) atoms. The van der Waals surface area contributed by atoms with Crippen LogP contribution in [0.1, 0.15) is 52.9 Å². The van der Waals surface area contributed by atoms with Crippen LogP contribution < -0.4 is 0 Å². The van der Waals surface area contributed by atoms with Gasteiger partial charge in [0.1, 0.15) is 0 Å². The first kappa shape index (κ1) is 14.4. The smallest absolute Gasteiger partial charge is 0.222 e. The van der Waals surface area contributed by atoms with E-state index in [9.17, 15) is 4.79 Å². The van der Waals surface area contributed by atoms with E-state index in [4.69, 9.17) is 5.11 Å². The van der Waals surface area contributed by atoms with Crippen molar-refractivity contribution in [2.75, 3.05) is 13.1 Å². The van der Waals surface area contributed by atoms with Gasteiger partial charge in [-0.3, -0.25) is 4.79 Å². The molecule has 3 heteroatoms.